The molecule has 0 bridgehead atoms. The van der Waals surface area contributed by atoms with Crippen molar-refractivity contribution in [3.63, 3.8) is 0 Å². The number of hydrogen-bond donors (Lipinski definition) is 2. The van der Waals surface area contributed by atoms with Crippen LogP contribution in [0.4, 0.5) is 5.69 Å². The summed E-state index contributed by atoms with van der Waals surface area (Å²) in [5.41, 5.74) is 3.76. The molecular formula is C29H25BrN2O4. The molecule has 182 valence electrons. The summed E-state index contributed by atoms with van der Waals surface area (Å²) >= 11 is 3.44. The largest absolute Gasteiger partial charge is 0.507 e. The van der Waals surface area contributed by atoms with Gasteiger partial charge in [-0.05, 0) is 63.8 Å². The standard InChI is InChI=1S/C29H25BrN2O4/c1-16(2)17-8-11-19(12-9-17)32-26(21-15-31-23-7-5-4-6-20(21)23)25(28(34)29(32)35)27(33)18-10-13-24(36-3)22(30)14-18/h4-16,26,31,33H,1-3H3/b27-25+. The van der Waals surface area contributed by atoms with E-state index in [0.29, 0.717) is 27.4 Å². The maximum atomic E-state index is 13.5. The molecule has 1 aliphatic heterocycles. The predicted molar refractivity (Wildman–Crippen MR) is 144 cm³/mol. The SMILES string of the molecule is COc1ccc(/C(O)=C2\C(=O)C(=O)N(c3ccc(C(C)C)cc3)C2c2c[nH]c3ccccc23)cc1Br. The number of aliphatic hydroxyl groups excluding tert-OH is 1. The van der Waals surface area contributed by atoms with Crippen molar-refractivity contribution in [3.8, 4) is 5.75 Å². The minimum absolute atomic E-state index is 0.0368. The van der Waals surface area contributed by atoms with Crippen LogP contribution in [0.3, 0.4) is 0 Å². The van der Waals surface area contributed by atoms with Gasteiger partial charge < -0.3 is 14.8 Å². The molecule has 7 heteroatoms. The number of ketones is 1. The van der Waals surface area contributed by atoms with Gasteiger partial charge in [0.2, 0.25) is 0 Å². The van der Waals surface area contributed by atoms with Gasteiger partial charge in [-0.3, -0.25) is 14.5 Å². The monoisotopic (exact) mass is 544 g/mol. The number of rotatable bonds is 5. The number of ether oxygens (including phenoxy) is 1. The van der Waals surface area contributed by atoms with Crippen molar-refractivity contribution in [2.75, 3.05) is 12.0 Å². The number of aromatic amines is 1. The zero-order chi connectivity index (χ0) is 25.6. The van der Waals surface area contributed by atoms with Gasteiger partial charge in [0.25, 0.3) is 11.7 Å². The molecule has 0 aliphatic carbocycles. The average molecular weight is 545 g/mol. The molecule has 0 radical (unpaired) electrons. The van der Waals surface area contributed by atoms with E-state index >= 15 is 0 Å². The topological polar surface area (TPSA) is 82.6 Å². The van der Waals surface area contributed by atoms with Crippen LogP contribution in [0.25, 0.3) is 16.7 Å². The van der Waals surface area contributed by atoms with Gasteiger partial charge >= 0.3 is 0 Å². The summed E-state index contributed by atoms with van der Waals surface area (Å²) in [4.78, 5) is 31.7. The molecule has 1 unspecified atom stereocenters. The zero-order valence-corrected chi connectivity index (χ0v) is 21.7. The van der Waals surface area contributed by atoms with Crippen molar-refractivity contribution in [3.05, 3.63) is 99.7 Å². The molecule has 1 aromatic heterocycles. The Hall–Kier alpha value is -3.84. The molecule has 1 fully saturated rings. The van der Waals surface area contributed by atoms with Gasteiger partial charge in [0, 0.05) is 33.9 Å². The molecule has 1 amide bonds. The molecule has 36 heavy (non-hydrogen) atoms. The predicted octanol–water partition coefficient (Wildman–Crippen LogP) is 6.69. The van der Waals surface area contributed by atoms with Crippen LogP contribution < -0.4 is 9.64 Å². The van der Waals surface area contributed by atoms with Gasteiger partial charge in [-0.15, -0.1) is 0 Å². The molecule has 1 aliphatic rings. The fraction of sp³-hybridized carbons (Fsp3) is 0.172. The molecule has 2 N–H and O–H groups in total. The van der Waals surface area contributed by atoms with Gasteiger partial charge in [-0.2, -0.15) is 0 Å². The number of aliphatic hydroxyl groups is 1. The number of nitrogens with zero attached hydrogens (tertiary/aromatic N) is 1. The summed E-state index contributed by atoms with van der Waals surface area (Å²) in [6, 6.07) is 19.5. The third-order valence-electron chi connectivity index (χ3n) is 6.62. The first kappa shape index (κ1) is 23.9. The number of methoxy groups -OCH3 is 1. The van der Waals surface area contributed by atoms with Gasteiger partial charge in [0.1, 0.15) is 11.5 Å². The lowest BCUT2D eigenvalue weighted by atomic mass is 9.94. The molecule has 2 heterocycles. The second-order valence-electron chi connectivity index (χ2n) is 9.05. The lowest BCUT2D eigenvalue weighted by Crippen LogP contribution is -2.29. The minimum Gasteiger partial charge on any atom is -0.507 e. The Balaban J connectivity index is 1.74. The van der Waals surface area contributed by atoms with Crippen LogP contribution in [0.5, 0.6) is 5.75 Å². The smallest absolute Gasteiger partial charge is 0.300 e. The highest BCUT2D eigenvalue weighted by Gasteiger charge is 2.47. The van der Waals surface area contributed by atoms with Crippen molar-refractivity contribution in [1.82, 2.24) is 4.98 Å². The van der Waals surface area contributed by atoms with Gasteiger partial charge in [0.05, 0.1) is 23.2 Å². The van der Waals surface area contributed by atoms with Crippen molar-refractivity contribution in [1.29, 1.82) is 0 Å². The number of para-hydroxylation sites is 1. The van der Waals surface area contributed by atoms with E-state index < -0.39 is 17.7 Å². The summed E-state index contributed by atoms with van der Waals surface area (Å²) in [5, 5.41) is 12.3. The normalized spacial score (nSPS) is 17.4. The molecule has 0 saturated carbocycles. The first-order valence-corrected chi connectivity index (χ1v) is 12.4. The lowest BCUT2D eigenvalue weighted by Gasteiger charge is -2.25. The van der Waals surface area contributed by atoms with E-state index in [1.165, 1.54) is 4.90 Å². The molecule has 1 saturated heterocycles. The fourth-order valence-corrected chi connectivity index (χ4v) is 5.24. The summed E-state index contributed by atoms with van der Waals surface area (Å²) in [6.45, 7) is 4.19. The summed E-state index contributed by atoms with van der Waals surface area (Å²) in [7, 11) is 1.55. The molecular weight excluding hydrogens is 520 g/mol. The number of halogens is 1. The molecule has 6 nitrogen and oxygen atoms in total. The molecule has 5 rings (SSSR count). The lowest BCUT2D eigenvalue weighted by molar-refractivity contribution is -0.132. The molecule has 0 spiro atoms. The number of carbonyl (C=O) groups is 2. The quantitative estimate of drug-likeness (QED) is 0.166. The summed E-state index contributed by atoms with van der Waals surface area (Å²) in [5.74, 6) is -0.745. The van der Waals surface area contributed by atoms with Crippen LogP contribution in [-0.2, 0) is 9.59 Å². The Morgan fingerprint density at radius 2 is 1.78 bits per heavy atom. The summed E-state index contributed by atoms with van der Waals surface area (Å²) < 4.78 is 5.92. The highest BCUT2D eigenvalue weighted by Crippen LogP contribution is 2.44. The van der Waals surface area contributed by atoms with Crippen LogP contribution >= 0.6 is 15.9 Å². The van der Waals surface area contributed by atoms with Crippen LogP contribution in [0, 0.1) is 0 Å². The molecule has 3 aromatic carbocycles. The van der Waals surface area contributed by atoms with Crippen LogP contribution in [0.1, 0.15) is 42.5 Å². The average Bonchev–Trinajstić information content (AvgIpc) is 3.42. The third-order valence-corrected chi connectivity index (χ3v) is 7.24. The minimum atomic E-state index is -0.813. The highest BCUT2D eigenvalue weighted by molar-refractivity contribution is 9.10. The number of anilines is 1. The maximum absolute atomic E-state index is 13.5. The number of hydrogen-bond acceptors (Lipinski definition) is 4. The van der Waals surface area contributed by atoms with Crippen LogP contribution in [0.2, 0.25) is 0 Å². The first-order valence-electron chi connectivity index (χ1n) is 11.6. The van der Waals surface area contributed by atoms with E-state index in [-0.39, 0.29) is 11.3 Å². The van der Waals surface area contributed by atoms with E-state index in [1.807, 2.05) is 48.5 Å². The summed E-state index contributed by atoms with van der Waals surface area (Å²) in [6.07, 6.45) is 1.80. The van der Waals surface area contributed by atoms with E-state index in [1.54, 1.807) is 31.5 Å². The first-order chi connectivity index (χ1) is 17.3. The van der Waals surface area contributed by atoms with Crippen molar-refractivity contribution >= 4 is 50.0 Å². The molecule has 1 atom stereocenters. The second-order valence-corrected chi connectivity index (χ2v) is 9.91. The Kier molecular flexibility index (Phi) is 6.18. The van der Waals surface area contributed by atoms with E-state index in [4.69, 9.17) is 4.74 Å². The zero-order valence-electron chi connectivity index (χ0n) is 20.1. The number of carbonyl (C=O) groups excluding carboxylic acids is 2. The number of nitrogens with one attached hydrogen (secondary N) is 1. The van der Waals surface area contributed by atoms with E-state index in [9.17, 15) is 14.7 Å². The number of fused-ring (bicyclic) bond motifs is 1. The Bertz CT molecular complexity index is 1520. The number of Topliss-reactive ketones (excluding diaryl/α,β-unsaturated/α-hetero) is 1. The van der Waals surface area contributed by atoms with E-state index in [0.717, 1.165) is 22.0 Å². The third kappa shape index (κ3) is 3.89. The van der Waals surface area contributed by atoms with Gasteiger partial charge in [-0.25, -0.2) is 0 Å². The maximum Gasteiger partial charge on any atom is 0.300 e. The number of H-pyrrole nitrogens is 1. The number of amides is 1. The van der Waals surface area contributed by atoms with Gasteiger partial charge in [-0.1, -0.05) is 44.2 Å². The highest BCUT2D eigenvalue weighted by atomic mass is 79.9. The Morgan fingerprint density at radius 3 is 2.44 bits per heavy atom. The second kappa shape index (κ2) is 9.32. The Labute approximate surface area is 217 Å². The van der Waals surface area contributed by atoms with Crippen molar-refractivity contribution in [2.45, 2.75) is 25.8 Å². The van der Waals surface area contributed by atoms with Gasteiger partial charge in [0.15, 0.2) is 0 Å². The number of aromatic nitrogens is 1. The van der Waals surface area contributed by atoms with Crippen molar-refractivity contribution < 1.29 is 19.4 Å². The van der Waals surface area contributed by atoms with E-state index in [2.05, 4.69) is 34.8 Å². The van der Waals surface area contributed by atoms with Crippen molar-refractivity contribution in [2.24, 2.45) is 0 Å². The van der Waals surface area contributed by atoms with Crippen LogP contribution in [0.15, 0.2) is 83.0 Å². The number of benzene rings is 3. The fourth-order valence-electron chi connectivity index (χ4n) is 4.70. The molecule has 4 aromatic rings. The van der Waals surface area contributed by atoms with Crippen LogP contribution in [-0.4, -0.2) is 28.9 Å². The Morgan fingerprint density at radius 1 is 1.06 bits per heavy atom.